The molecule has 0 saturated carbocycles. The van der Waals surface area contributed by atoms with Gasteiger partial charge in [0.15, 0.2) is 0 Å². The van der Waals surface area contributed by atoms with Crippen molar-refractivity contribution in [1.82, 2.24) is 10.3 Å². The van der Waals surface area contributed by atoms with Crippen molar-refractivity contribution in [1.29, 1.82) is 0 Å². The summed E-state index contributed by atoms with van der Waals surface area (Å²) in [5, 5.41) is 4.18. The molecule has 2 heterocycles. The Kier molecular flexibility index (Phi) is 3.25. The van der Waals surface area contributed by atoms with E-state index in [2.05, 4.69) is 10.3 Å². The highest BCUT2D eigenvalue weighted by atomic mass is 16.5. The Bertz CT molecular complexity index is 585. The minimum atomic E-state index is -0.0177. The predicted molar refractivity (Wildman–Crippen MR) is 74.2 cm³/mol. The number of amides is 1. The average molecular weight is 258 g/mol. The summed E-state index contributed by atoms with van der Waals surface area (Å²) < 4.78 is 5.36. The van der Waals surface area contributed by atoms with Gasteiger partial charge in [0.05, 0.1) is 6.61 Å². The second-order valence-electron chi connectivity index (χ2n) is 5.17. The SMILES string of the molecule is CC(NC(=O)c1ccc2cc[nH]c2c1)C1CCOC1. The molecule has 1 aromatic heterocycles. The van der Waals surface area contributed by atoms with Crippen LogP contribution in [0.5, 0.6) is 0 Å². The van der Waals surface area contributed by atoms with Gasteiger partial charge in [-0.25, -0.2) is 0 Å². The first kappa shape index (κ1) is 12.2. The van der Waals surface area contributed by atoms with Crippen LogP contribution in [0.25, 0.3) is 10.9 Å². The third kappa shape index (κ3) is 2.49. The van der Waals surface area contributed by atoms with Gasteiger partial charge in [0.25, 0.3) is 5.91 Å². The molecule has 0 bridgehead atoms. The molecule has 0 radical (unpaired) electrons. The van der Waals surface area contributed by atoms with Crippen molar-refractivity contribution < 1.29 is 9.53 Å². The highest BCUT2D eigenvalue weighted by Crippen LogP contribution is 2.18. The number of fused-ring (bicyclic) bond motifs is 1. The number of nitrogens with one attached hydrogen (secondary N) is 2. The Morgan fingerprint density at radius 3 is 3.16 bits per heavy atom. The lowest BCUT2D eigenvalue weighted by molar-refractivity contribution is 0.0922. The van der Waals surface area contributed by atoms with Crippen molar-refractivity contribution in [3.8, 4) is 0 Å². The van der Waals surface area contributed by atoms with Gasteiger partial charge in [0.1, 0.15) is 0 Å². The zero-order valence-electron chi connectivity index (χ0n) is 11.0. The van der Waals surface area contributed by atoms with E-state index >= 15 is 0 Å². The molecule has 3 rings (SSSR count). The van der Waals surface area contributed by atoms with Gasteiger partial charge in [0.2, 0.25) is 0 Å². The Morgan fingerprint density at radius 2 is 2.37 bits per heavy atom. The number of aromatic nitrogens is 1. The number of carbonyl (C=O) groups is 1. The van der Waals surface area contributed by atoms with Gasteiger partial charge in [-0.1, -0.05) is 6.07 Å². The van der Waals surface area contributed by atoms with Crippen LogP contribution in [-0.2, 0) is 4.74 Å². The number of carbonyl (C=O) groups excluding carboxylic acids is 1. The summed E-state index contributed by atoms with van der Waals surface area (Å²) in [6.07, 6.45) is 2.90. The number of hydrogen-bond acceptors (Lipinski definition) is 2. The molecule has 1 saturated heterocycles. The Morgan fingerprint density at radius 1 is 1.47 bits per heavy atom. The van der Waals surface area contributed by atoms with Gasteiger partial charge in [-0.2, -0.15) is 0 Å². The van der Waals surface area contributed by atoms with Gasteiger partial charge in [-0.05, 0) is 36.9 Å². The van der Waals surface area contributed by atoms with Crippen molar-refractivity contribution in [2.75, 3.05) is 13.2 Å². The van der Waals surface area contributed by atoms with Crippen LogP contribution >= 0.6 is 0 Å². The topological polar surface area (TPSA) is 54.1 Å². The van der Waals surface area contributed by atoms with Crippen LogP contribution in [0.15, 0.2) is 30.5 Å². The van der Waals surface area contributed by atoms with E-state index < -0.39 is 0 Å². The normalized spacial score (nSPS) is 20.6. The maximum absolute atomic E-state index is 12.2. The van der Waals surface area contributed by atoms with Crippen molar-refractivity contribution in [2.45, 2.75) is 19.4 Å². The van der Waals surface area contributed by atoms with Crippen LogP contribution < -0.4 is 5.32 Å². The summed E-state index contributed by atoms with van der Waals surface area (Å²) in [5.41, 5.74) is 1.69. The molecule has 19 heavy (non-hydrogen) atoms. The quantitative estimate of drug-likeness (QED) is 0.887. The largest absolute Gasteiger partial charge is 0.381 e. The molecular formula is C15H18N2O2. The summed E-state index contributed by atoms with van der Waals surface area (Å²) in [6, 6.07) is 7.86. The smallest absolute Gasteiger partial charge is 0.251 e. The van der Waals surface area contributed by atoms with Crippen molar-refractivity contribution in [3.05, 3.63) is 36.0 Å². The van der Waals surface area contributed by atoms with E-state index in [1.165, 1.54) is 0 Å². The molecule has 1 aliphatic heterocycles. The van der Waals surface area contributed by atoms with Crippen LogP contribution in [-0.4, -0.2) is 30.1 Å². The first-order chi connectivity index (χ1) is 9.24. The number of benzene rings is 1. The predicted octanol–water partition coefficient (Wildman–Crippen LogP) is 2.32. The molecule has 100 valence electrons. The fraction of sp³-hybridized carbons (Fsp3) is 0.400. The number of aromatic amines is 1. The first-order valence-electron chi connectivity index (χ1n) is 6.70. The van der Waals surface area contributed by atoms with Crippen LogP contribution in [0.4, 0.5) is 0 Å². The van der Waals surface area contributed by atoms with Crippen molar-refractivity contribution in [2.24, 2.45) is 5.92 Å². The van der Waals surface area contributed by atoms with Gasteiger partial charge in [-0.15, -0.1) is 0 Å². The van der Waals surface area contributed by atoms with Crippen LogP contribution in [0.2, 0.25) is 0 Å². The molecule has 2 N–H and O–H groups in total. The monoisotopic (exact) mass is 258 g/mol. The number of ether oxygens (including phenoxy) is 1. The number of H-pyrrole nitrogens is 1. The van der Waals surface area contributed by atoms with E-state index in [4.69, 9.17) is 4.74 Å². The highest BCUT2D eigenvalue weighted by molar-refractivity contribution is 5.98. The number of rotatable bonds is 3. The molecule has 0 spiro atoms. The third-order valence-electron chi connectivity index (χ3n) is 3.85. The lowest BCUT2D eigenvalue weighted by Gasteiger charge is -2.19. The minimum Gasteiger partial charge on any atom is -0.381 e. The zero-order chi connectivity index (χ0) is 13.2. The van der Waals surface area contributed by atoms with Crippen LogP contribution in [0.3, 0.4) is 0 Å². The fourth-order valence-corrected chi connectivity index (χ4v) is 2.54. The maximum atomic E-state index is 12.2. The van der Waals surface area contributed by atoms with Gasteiger partial charge in [-0.3, -0.25) is 4.79 Å². The van der Waals surface area contributed by atoms with Crippen molar-refractivity contribution >= 4 is 16.8 Å². The molecule has 2 aromatic rings. The molecule has 4 nitrogen and oxygen atoms in total. The minimum absolute atomic E-state index is 0.0177. The van der Waals surface area contributed by atoms with Gasteiger partial charge >= 0.3 is 0 Å². The molecule has 0 aliphatic carbocycles. The lowest BCUT2D eigenvalue weighted by Crippen LogP contribution is -2.38. The second kappa shape index (κ2) is 5.05. The molecular weight excluding hydrogens is 240 g/mol. The van der Waals surface area contributed by atoms with Gasteiger partial charge < -0.3 is 15.0 Å². The van der Waals surface area contributed by atoms with E-state index in [9.17, 15) is 4.79 Å². The van der Waals surface area contributed by atoms with Crippen molar-refractivity contribution in [3.63, 3.8) is 0 Å². The second-order valence-corrected chi connectivity index (χ2v) is 5.17. The summed E-state index contributed by atoms with van der Waals surface area (Å²) >= 11 is 0. The fourth-order valence-electron chi connectivity index (χ4n) is 2.54. The molecule has 2 atom stereocenters. The molecule has 4 heteroatoms. The standard InChI is InChI=1S/C15H18N2O2/c1-10(13-5-7-19-9-13)17-15(18)12-3-2-11-4-6-16-14(11)8-12/h2-4,6,8,10,13,16H,5,7,9H2,1H3,(H,17,18). The molecule has 1 aromatic carbocycles. The third-order valence-corrected chi connectivity index (χ3v) is 3.85. The molecule has 2 unspecified atom stereocenters. The maximum Gasteiger partial charge on any atom is 0.251 e. The lowest BCUT2D eigenvalue weighted by atomic mass is 10.0. The van der Waals surface area contributed by atoms with Gasteiger partial charge in [0, 0.05) is 35.8 Å². The summed E-state index contributed by atoms with van der Waals surface area (Å²) in [7, 11) is 0. The average Bonchev–Trinajstić information content (AvgIpc) is 3.09. The van der Waals surface area contributed by atoms with E-state index in [0.29, 0.717) is 11.5 Å². The highest BCUT2D eigenvalue weighted by Gasteiger charge is 2.23. The first-order valence-corrected chi connectivity index (χ1v) is 6.70. The Hall–Kier alpha value is -1.81. The zero-order valence-corrected chi connectivity index (χ0v) is 11.0. The summed E-state index contributed by atoms with van der Waals surface area (Å²) in [5.74, 6) is 0.411. The summed E-state index contributed by atoms with van der Waals surface area (Å²) in [4.78, 5) is 15.3. The van der Waals surface area contributed by atoms with E-state index in [0.717, 1.165) is 30.5 Å². The molecule has 1 aliphatic rings. The number of hydrogen-bond donors (Lipinski definition) is 2. The van der Waals surface area contributed by atoms with E-state index in [1.807, 2.05) is 37.4 Å². The molecule has 1 fully saturated rings. The van der Waals surface area contributed by atoms with E-state index in [1.54, 1.807) is 0 Å². The Balaban J connectivity index is 1.71. The van der Waals surface area contributed by atoms with Crippen LogP contribution in [0.1, 0.15) is 23.7 Å². The van der Waals surface area contributed by atoms with Crippen LogP contribution in [0, 0.1) is 5.92 Å². The Labute approximate surface area is 112 Å². The van der Waals surface area contributed by atoms with E-state index in [-0.39, 0.29) is 11.9 Å². The molecule has 1 amide bonds. The summed E-state index contributed by atoms with van der Waals surface area (Å²) in [6.45, 7) is 3.60.